The molecular weight excluding hydrogens is 418 g/mol. The summed E-state index contributed by atoms with van der Waals surface area (Å²) >= 11 is 6.06. The fourth-order valence-electron chi connectivity index (χ4n) is 5.07. The minimum Gasteiger partial charge on any atom is -0.508 e. The van der Waals surface area contributed by atoms with Crippen LogP contribution in [0.4, 0.5) is 4.79 Å². The standard InChI is InChI=1S/C23H32ClN3O4/c1-2-31-22(30)27-9-5-18(6-10-27)25-21(29)19-14-23(19)7-11-26(12-8-23)15-16-13-17(24)3-4-20(16)28/h3-4,13,18-19,28H,2,5-12,14-15H2,1H3,(H,25,29). The Morgan fingerprint density at radius 3 is 2.61 bits per heavy atom. The summed E-state index contributed by atoms with van der Waals surface area (Å²) in [6, 6.07) is 5.30. The summed E-state index contributed by atoms with van der Waals surface area (Å²) in [5.74, 6) is 0.565. The van der Waals surface area contributed by atoms with Crippen molar-refractivity contribution in [3.8, 4) is 5.75 Å². The molecule has 1 saturated carbocycles. The van der Waals surface area contributed by atoms with Crippen molar-refractivity contribution in [1.82, 2.24) is 15.1 Å². The Kier molecular flexibility index (Phi) is 6.63. The molecule has 1 spiro atoms. The minimum atomic E-state index is -0.258. The molecule has 3 fully saturated rings. The van der Waals surface area contributed by atoms with Gasteiger partial charge in [-0.2, -0.15) is 0 Å². The van der Waals surface area contributed by atoms with Gasteiger partial charge >= 0.3 is 6.09 Å². The maximum atomic E-state index is 12.8. The van der Waals surface area contributed by atoms with Crippen LogP contribution >= 0.6 is 11.6 Å². The van der Waals surface area contributed by atoms with E-state index in [1.165, 1.54) is 0 Å². The second-order valence-electron chi connectivity index (χ2n) is 9.14. The first-order valence-electron chi connectivity index (χ1n) is 11.3. The first-order valence-corrected chi connectivity index (χ1v) is 11.7. The number of likely N-dealkylation sites (tertiary alicyclic amines) is 2. The van der Waals surface area contributed by atoms with Crippen molar-refractivity contribution < 1.29 is 19.4 Å². The zero-order chi connectivity index (χ0) is 22.0. The largest absolute Gasteiger partial charge is 0.508 e. The summed E-state index contributed by atoms with van der Waals surface area (Å²) in [7, 11) is 0. The van der Waals surface area contributed by atoms with Gasteiger partial charge in [-0.1, -0.05) is 11.6 Å². The fourth-order valence-corrected chi connectivity index (χ4v) is 5.27. The van der Waals surface area contributed by atoms with Crippen molar-refractivity contribution in [2.45, 2.75) is 51.6 Å². The molecule has 2 heterocycles. The highest BCUT2D eigenvalue weighted by Gasteiger charge is 2.58. The number of halogens is 1. The number of carbonyl (C=O) groups is 2. The van der Waals surface area contributed by atoms with E-state index in [0.29, 0.717) is 31.3 Å². The summed E-state index contributed by atoms with van der Waals surface area (Å²) in [6.45, 7) is 5.98. The summed E-state index contributed by atoms with van der Waals surface area (Å²) in [4.78, 5) is 28.7. The molecule has 7 nitrogen and oxygen atoms in total. The molecule has 0 aromatic heterocycles. The van der Waals surface area contributed by atoms with Crippen molar-refractivity contribution in [1.29, 1.82) is 0 Å². The lowest BCUT2D eigenvalue weighted by Gasteiger charge is -2.34. The van der Waals surface area contributed by atoms with E-state index in [1.54, 1.807) is 17.0 Å². The van der Waals surface area contributed by atoms with Crippen LogP contribution in [0.5, 0.6) is 5.75 Å². The van der Waals surface area contributed by atoms with E-state index in [0.717, 1.165) is 50.8 Å². The predicted octanol–water partition coefficient (Wildman–Crippen LogP) is 3.38. The van der Waals surface area contributed by atoms with Crippen LogP contribution in [0.3, 0.4) is 0 Å². The van der Waals surface area contributed by atoms with Gasteiger partial charge in [-0.3, -0.25) is 9.69 Å². The molecule has 2 aliphatic heterocycles. The van der Waals surface area contributed by atoms with E-state index in [-0.39, 0.29) is 35.1 Å². The van der Waals surface area contributed by atoms with Gasteiger partial charge in [-0.25, -0.2) is 4.79 Å². The molecule has 31 heavy (non-hydrogen) atoms. The molecule has 1 aromatic rings. The van der Waals surface area contributed by atoms with Gasteiger partial charge in [0, 0.05) is 42.2 Å². The number of benzene rings is 1. The predicted molar refractivity (Wildman–Crippen MR) is 118 cm³/mol. The molecule has 170 valence electrons. The van der Waals surface area contributed by atoms with Crippen molar-refractivity contribution in [2.24, 2.45) is 11.3 Å². The summed E-state index contributed by atoms with van der Waals surface area (Å²) in [6.07, 6.45) is 4.28. The zero-order valence-corrected chi connectivity index (χ0v) is 18.9. The molecular formula is C23H32ClN3O4. The quantitative estimate of drug-likeness (QED) is 0.720. The number of piperidine rings is 2. The van der Waals surface area contributed by atoms with Gasteiger partial charge in [0.2, 0.25) is 5.91 Å². The number of rotatable bonds is 5. The van der Waals surface area contributed by atoms with Gasteiger partial charge in [0.05, 0.1) is 6.61 Å². The lowest BCUT2D eigenvalue weighted by molar-refractivity contribution is -0.124. The van der Waals surface area contributed by atoms with E-state index in [4.69, 9.17) is 16.3 Å². The second-order valence-corrected chi connectivity index (χ2v) is 9.57. The minimum absolute atomic E-state index is 0.109. The number of nitrogens with zero attached hydrogens (tertiary/aromatic N) is 2. The lowest BCUT2D eigenvalue weighted by Crippen LogP contribution is -2.47. The molecule has 4 rings (SSSR count). The number of hydrogen-bond donors (Lipinski definition) is 2. The molecule has 2 N–H and O–H groups in total. The van der Waals surface area contributed by atoms with Crippen molar-refractivity contribution in [3.05, 3.63) is 28.8 Å². The maximum absolute atomic E-state index is 12.8. The Hall–Kier alpha value is -1.99. The Balaban J connectivity index is 1.21. The molecule has 8 heteroatoms. The maximum Gasteiger partial charge on any atom is 0.409 e. The van der Waals surface area contributed by atoms with Crippen molar-refractivity contribution >= 4 is 23.6 Å². The number of ether oxygens (including phenoxy) is 1. The highest BCUT2D eigenvalue weighted by molar-refractivity contribution is 6.30. The highest BCUT2D eigenvalue weighted by Crippen LogP contribution is 2.59. The fraction of sp³-hybridized carbons (Fsp3) is 0.652. The normalized spacial score (nSPS) is 23.5. The Labute approximate surface area is 188 Å². The SMILES string of the molecule is CCOC(=O)N1CCC(NC(=O)C2CC23CCN(Cc2cc(Cl)ccc2O)CC3)CC1. The molecule has 3 aliphatic rings. The number of phenols is 1. The van der Waals surface area contributed by atoms with Crippen LogP contribution in [-0.4, -0.2) is 65.7 Å². The Bertz CT molecular complexity index is 817. The number of hydrogen-bond acceptors (Lipinski definition) is 5. The van der Waals surface area contributed by atoms with Crippen LogP contribution in [0.1, 0.15) is 44.6 Å². The second kappa shape index (κ2) is 9.25. The third-order valence-corrected chi connectivity index (χ3v) is 7.40. The van der Waals surface area contributed by atoms with Crippen LogP contribution in [0.15, 0.2) is 18.2 Å². The molecule has 2 saturated heterocycles. The van der Waals surface area contributed by atoms with E-state index < -0.39 is 0 Å². The zero-order valence-electron chi connectivity index (χ0n) is 18.1. The Morgan fingerprint density at radius 2 is 1.94 bits per heavy atom. The lowest BCUT2D eigenvalue weighted by atomic mass is 9.90. The monoisotopic (exact) mass is 449 g/mol. The van der Waals surface area contributed by atoms with Gasteiger partial charge in [0.1, 0.15) is 5.75 Å². The number of amides is 2. The van der Waals surface area contributed by atoms with Gasteiger partial charge in [0.25, 0.3) is 0 Å². The van der Waals surface area contributed by atoms with E-state index in [9.17, 15) is 14.7 Å². The average Bonchev–Trinajstić information content (AvgIpc) is 3.47. The van der Waals surface area contributed by atoms with Crippen molar-refractivity contribution in [2.75, 3.05) is 32.8 Å². The van der Waals surface area contributed by atoms with Crippen LogP contribution in [-0.2, 0) is 16.1 Å². The highest BCUT2D eigenvalue weighted by atomic mass is 35.5. The first-order chi connectivity index (χ1) is 14.9. The topological polar surface area (TPSA) is 82.1 Å². The number of nitrogens with one attached hydrogen (secondary N) is 1. The molecule has 0 bridgehead atoms. The first kappa shape index (κ1) is 22.2. The number of phenolic OH excluding ortho intramolecular Hbond substituents is 1. The van der Waals surface area contributed by atoms with E-state index in [2.05, 4.69) is 10.2 Å². The van der Waals surface area contributed by atoms with E-state index in [1.807, 2.05) is 13.0 Å². The molecule has 2 amide bonds. The number of carbonyl (C=O) groups excluding carboxylic acids is 2. The van der Waals surface area contributed by atoms with Crippen molar-refractivity contribution in [3.63, 3.8) is 0 Å². The van der Waals surface area contributed by atoms with Gasteiger partial charge in [-0.15, -0.1) is 0 Å². The van der Waals surface area contributed by atoms with E-state index >= 15 is 0 Å². The summed E-state index contributed by atoms with van der Waals surface area (Å²) in [5.41, 5.74) is 0.991. The molecule has 1 aromatic carbocycles. The van der Waals surface area contributed by atoms with Crippen LogP contribution in [0.25, 0.3) is 0 Å². The summed E-state index contributed by atoms with van der Waals surface area (Å²) < 4.78 is 5.05. The average molecular weight is 450 g/mol. The molecule has 1 aliphatic carbocycles. The number of aromatic hydroxyl groups is 1. The smallest absolute Gasteiger partial charge is 0.409 e. The third kappa shape index (κ3) is 5.09. The molecule has 1 unspecified atom stereocenters. The van der Waals surface area contributed by atoms with Crippen LogP contribution in [0.2, 0.25) is 5.02 Å². The Morgan fingerprint density at radius 1 is 1.23 bits per heavy atom. The molecule has 0 radical (unpaired) electrons. The molecule has 1 atom stereocenters. The van der Waals surface area contributed by atoms with Gasteiger partial charge < -0.3 is 20.1 Å². The third-order valence-electron chi connectivity index (χ3n) is 7.16. The van der Waals surface area contributed by atoms with Gasteiger partial charge in [0.15, 0.2) is 0 Å². The summed E-state index contributed by atoms with van der Waals surface area (Å²) in [5, 5.41) is 13.9. The van der Waals surface area contributed by atoms with Crippen LogP contribution < -0.4 is 5.32 Å². The van der Waals surface area contributed by atoms with Gasteiger partial charge in [-0.05, 0) is 75.7 Å². The van der Waals surface area contributed by atoms with Crippen LogP contribution in [0, 0.1) is 11.3 Å².